The third-order valence-electron chi connectivity index (χ3n) is 5.15. The molecule has 2 aromatic carbocycles. The van der Waals surface area contributed by atoms with E-state index in [9.17, 15) is 21.6 Å². The van der Waals surface area contributed by atoms with E-state index in [1.54, 1.807) is 47.3 Å². The molecule has 0 aliphatic carbocycles. The minimum Gasteiger partial charge on any atom is -0.306 e. The van der Waals surface area contributed by atoms with Gasteiger partial charge in [0.1, 0.15) is 5.65 Å². The van der Waals surface area contributed by atoms with E-state index in [4.69, 9.17) is 0 Å². The first-order valence-corrected chi connectivity index (χ1v) is 13.1. The Bertz CT molecular complexity index is 1500. The summed E-state index contributed by atoms with van der Waals surface area (Å²) in [4.78, 5) is 16.9. The molecule has 0 saturated carbocycles. The first kappa shape index (κ1) is 21.9. The number of carbonyl (C=O) groups excluding carboxylic acids is 1. The Labute approximate surface area is 186 Å². The topological polar surface area (TPSA) is 103 Å². The summed E-state index contributed by atoms with van der Waals surface area (Å²) in [5.74, 6) is -0.0109. The number of sulfone groups is 2. The molecule has 4 aromatic rings. The van der Waals surface area contributed by atoms with Crippen LogP contribution in [0.1, 0.15) is 22.3 Å². The maximum atomic E-state index is 12.8. The SMILES string of the molecule is CS(=O)(=O)c1ccc(S(=O)(=O)c2ccc(CCC(=O)c3ccc4nccn4c3)cc2)cc1. The Morgan fingerprint density at radius 1 is 0.844 bits per heavy atom. The van der Waals surface area contributed by atoms with Gasteiger partial charge in [0.25, 0.3) is 0 Å². The minimum atomic E-state index is -3.78. The van der Waals surface area contributed by atoms with Gasteiger partial charge in [-0.15, -0.1) is 0 Å². The van der Waals surface area contributed by atoms with Crippen molar-refractivity contribution in [3.8, 4) is 0 Å². The zero-order chi connectivity index (χ0) is 22.9. The van der Waals surface area contributed by atoms with Crippen molar-refractivity contribution in [2.45, 2.75) is 27.5 Å². The standard InChI is InChI=1S/C23H20N2O5S2/c1-31(27,28)19-8-10-21(11-9-19)32(29,30)20-6-2-17(3-7-20)4-12-22(26)18-5-13-23-24-14-15-25(23)16-18/h2-3,5-11,13-16H,4,12H2,1H3. The smallest absolute Gasteiger partial charge is 0.206 e. The number of aryl methyl sites for hydroxylation is 1. The highest BCUT2D eigenvalue weighted by atomic mass is 32.2. The number of Topliss-reactive ketones (excluding diaryl/α,β-unsaturated/α-hetero) is 1. The number of ketones is 1. The monoisotopic (exact) mass is 468 g/mol. The van der Waals surface area contributed by atoms with Crippen LogP contribution in [0, 0.1) is 0 Å². The molecule has 0 aliphatic rings. The third kappa shape index (κ3) is 4.49. The van der Waals surface area contributed by atoms with Crippen molar-refractivity contribution in [2.24, 2.45) is 0 Å². The van der Waals surface area contributed by atoms with Gasteiger partial charge in [0.15, 0.2) is 15.6 Å². The van der Waals surface area contributed by atoms with Crippen molar-refractivity contribution in [1.29, 1.82) is 0 Å². The zero-order valence-electron chi connectivity index (χ0n) is 17.2. The maximum absolute atomic E-state index is 12.8. The van der Waals surface area contributed by atoms with Gasteiger partial charge in [-0.1, -0.05) is 12.1 Å². The fraction of sp³-hybridized carbons (Fsp3) is 0.130. The number of hydrogen-bond acceptors (Lipinski definition) is 6. The fourth-order valence-corrected chi connectivity index (χ4v) is 5.22. The molecule has 0 fully saturated rings. The Hall–Kier alpha value is -3.30. The molecule has 7 nitrogen and oxygen atoms in total. The van der Waals surface area contributed by atoms with Gasteiger partial charge in [0.05, 0.1) is 14.7 Å². The lowest BCUT2D eigenvalue weighted by atomic mass is 10.0. The molecule has 0 radical (unpaired) electrons. The van der Waals surface area contributed by atoms with Crippen molar-refractivity contribution in [3.05, 3.63) is 90.4 Å². The zero-order valence-corrected chi connectivity index (χ0v) is 18.8. The van der Waals surface area contributed by atoms with Gasteiger partial charge >= 0.3 is 0 Å². The Morgan fingerprint density at radius 3 is 2.06 bits per heavy atom. The van der Waals surface area contributed by atoms with Gasteiger partial charge in [-0.3, -0.25) is 4.79 Å². The number of imidazole rings is 1. The lowest BCUT2D eigenvalue weighted by molar-refractivity contribution is 0.0982. The number of pyridine rings is 1. The van der Waals surface area contributed by atoms with Gasteiger partial charge in [-0.2, -0.15) is 0 Å². The fourth-order valence-electron chi connectivity index (χ4n) is 3.32. The molecule has 0 amide bonds. The Kier molecular flexibility index (Phi) is 5.70. The molecule has 164 valence electrons. The lowest BCUT2D eigenvalue weighted by Gasteiger charge is -2.07. The second-order valence-electron chi connectivity index (χ2n) is 7.42. The summed E-state index contributed by atoms with van der Waals surface area (Å²) in [6, 6.07) is 15.0. The first-order valence-electron chi connectivity index (χ1n) is 9.75. The average molecular weight is 469 g/mol. The Balaban J connectivity index is 1.45. The molecule has 0 unspecified atom stereocenters. The van der Waals surface area contributed by atoms with Crippen LogP contribution in [0.3, 0.4) is 0 Å². The summed E-state index contributed by atoms with van der Waals surface area (Å²) in [7, 11) is -7.18. The lowest BCUT2D eigenvalue weighted by Crippen LogP contribution is -2.05. The van der Waals surface area contributed by atoms with E-state index in [2.05, 4.69) is 4.98 Å². The highest BCUT2D eigenvalue weighted by Gasteiger charge is 2.19. The molecule has 2 aromatic heterocycles. The van der Waals surface area contributed by atoms with E-state index in [-0.39, 0.29) is 20.5 Å². The van der Waals surface area contributed by atoms with Gasteiger partial charge in [-0.25, -0.2) is 21.8 Å². The van der Waals surface area contributed by atoms with Gasteiger partial charge < -0.3 is 4.40 Å². The maximum Gasteiger partial charge on any atom is 0.206 e. The van der Waals surface area contributed by atoms with Crippen molar-refractivity contribution < 1.29 is 21.6 Å². The van der Waals surface area contributed by atoms with Gasteiger partial charge in [0.2, 0.25) is 9.84 Å². The first-order chi connectivity index (χ1) is 15.1. The summed E-state index contributed by atoms with van der Waals surface area (Å²) >= 11 is 0. The second-order valence-corrected chi connectivity index (χ2v) is 11.4. The van der Waals surface area contributed by atoms with Crippen LogP contribution in [0.25, 0.3) is 5.65 Å². The van der Waals surface area contributed by atoms with Crippen LogP contribution in [0.15, 0.2) is 93.9 Å². The number of carbonyl (C=O) groups is 1. The predicted octanol–water partition coefficient (Wildman–Crippen LogP) is 3.39. The Morgan fingerprint density at radius 2 is 1.44 bits per heavy atom. The second kappa shape index (κ2) is 8.33. The number of benzene rings is 2. The largest absolute Gasteiger partial charge is 0.306 e. The number of hydrogen-bond donors (Lipinski definition) is 0. The molecule has 0 aliphatic heterocycles. The molecule has 2 heterocycles. The quantitative estimate of drug-likeness (QED) is 0.385. The van der Waals surface area contributed by atoms with Crippen LogP contribution in [0.5, 0.6) is 0 Å². The summed E-state index contributed by atoms with van der Waals surface area (Å²) in [5, 5.41) is 0. The van der Waals surface area contributed by atoms with E-state index >= 15 is 0 Å². The molecule has 0 spiro atoms. The molecular formula is C23H20N2O5S2. The van der Waals surface area contributed by atoms with E-state index in [0.717, 1.165) is 17.5 Å². The number of nitrogens with zero attached hydrogens (tertiary/aromatic N) is 2. The van der Waals surface area contributed by atoms with Crippen LogP contribution in [0.2, 0.25) is 0 Å². The highest BCUT2D eigenvalue weighted by Crippen LogP contribution is 2.23. The van der Waals surface area contributed by atoms with E-state index in [1.165, 1.54) is 36.4 Å². The predicted molar refractivity (Wildman–Crippen MR) is 119 cm³/mol. The van der Waals surface area contributed by atoms with Crippen molar-refractivity contribution in [2.75, 3.05) is 6.26 Å². The minimum absolute atomic E-state index is 0.0109. The van der Waals surface area contributed by atoms with Crippen LogP contribution in [0.4, 0.5) is 0 Å². The molecule has 4 rings (SSSR count). The molecule has 0 bridgehead atoms. The van der Waals surface area contributed by atoms with Gasteiger partial charge in [0, 0.05) is 36.8 Å². The van der Waals surface area contributed by atoms with Crippen molar-refractivity contribution >= 4 is 31.1 Å². The molecule has 9 heteroatoms. The van der Waals surface area contributed by atoms with Gasteiger partial charge in [-0.05, 0) is 60.5 Å². The molecule has 0 atom stereocenters. The molecule has 0 N–H and O–H groups in total. The van der Waals surface area contributed by atoms with E-state index < -0.39 is 19.7 Å². The third-order valence-corrected chi connectivity index (χ3v) is 8.06. The normalized spacial score (nSPS) is 12.2. The van der Waals surface area contributed by atoms with Crippen molar-refractivity contribution in [3.63, 3.8) is 0 Å². The van der Waals surface area contributed by atoms with E-state index in [0.29, 0.717) is 18.4 Å². The van der Waals surface area contributed by atoms with E-state index in [1.807, 2.05) is 0 Å². The number of fused-ring (bicyclic) bond motifs is 1. The highest BCUT2D eigenvalue weighted by molar-refractivity contribution is 7.91. The summed E-state index contributed by atoms with van der Waals surface area (Å²) < 4.78 is 50.6. The molecule has 32 heavy (non-hydrogen) atoms. The summed E-state index contributed by atoms with van der Waals surface area (Å²) in [5.41, 5.74) is 2.20. The molecule has 0 saturated heterocycles. The molecular weight excluding hydrogens is 448 g/mol. The summed E-state index contributed by atoms with van der Waals surface area (Å²) in [6.45, 7) is 0. The van der Waals surface area contributed by atoms with Crippen LogP contribution in [-0.4, -0.2) is 38.3 Å². The average Bonchev–Trinajstić information content (AvgIpc) is 3.25. The van der Waals surface area contributed by atoms with Crippen LogP contribution in [-0.2, 0) is 26.1 Å². The summed E-state index contributed by atoms with van der Waals surface area (Å²) in [6.07, 6.45) is 7.02. The number of aromatic nitrogens is 2. The number of rotatable bonds is 7. The van der Waals surface area contributed by atoms with Crippen molar-refractivity contribution in [1.82, 2.24) is 9.38 Å². The van der Waals surface area contributed by atoms with Crippen LogP contribution < -0.4 is 0 Å². The van der Waals surface area contributed by atoms with Crippen LogP contribution >= 0.6 is 0 Å².